The maximum absolute atomic E-state index is 12.7. The van der Waals surface area contributed by atoms with Gasteiger partial charge >= 0.3 is 5.97 Å². The van der Waals surface area contributed by atoms with Crippen LogP contribution in [0.1, 0.15) is 29.4 Å². The van der Waals surface area contributed by atoms with E-state index in [1.807, 2.05) is 22.5 Å². The summed E-state index contributed by atoms with van der Waals surface area (Å²) in [5.41, 5.74) is 3.44. The molecule has 35 heavy (non-hydrogen) atoms. The Morgan fingerprint density at radius 2 is 1.91 bits per heavy atom. The lowest BCUT2D eigenvalue weighted by Crippen LogP contribution is -2.31. The molecule has 5 rings (SSSR count). The van der Waals surface area contributed by atoms with E-state index in [-0.39, 0.29) is 11.5 Å². The van der Waals surface area contributed by atoms with Crippen molar-refractivity contribution in [3.05, 3.63) is 36.8 Å². The molecule has 5 heterocycles. The molecule has 0 radical (unpaired) electrons. The van der Waals surface area contributed by atoms with Gasteiger partial charge in [-0.2, -0.15) is 5.10 Å². The molecular weight excluding hydrogens is 448 g/mol. The van der Waals surface area contributed by atoms with Crippen molar-refractivity contribution in [2.45, 2.75) is 18.9 Å². The van der Waals surface area contributed by atoms with Crippen LogP contribution < -0.4 is 10.6 Å². The SMILES string of the molecule is CNc1nc(Nc2cnn(C3CCN(C)CC3)c2)c(C(=O)OC)nc1-c1cncc2c1ncn2C. The molecular formula is C23H28N10O2. The second-order valence-corrected chi connectivity index (χ2v) is 8.64. The number of pyridine rings is 1. The molecule has 182 valence electrons. The number of carbonyl (C=O) groups is 1. The number of hydrogen-bond acceptors (Lipinski definition) is 10. The molecule has 0 spiro atoms. The minimum Gasteiger partial charge on any atom is -0.464 e. The number of fused-ring (bicyclic) bond motifs is 1. The number of methoxy groups -OCH3 is 1. The first kappa shape index (κ1) is 22.7. The minimum absolute atomic E-state index is 0.0569. The summed E-state index contributed by atoms with van der Waals surface area (Å²) in [4.78, 5) is 33.2. The Labute approximate surface area is 202 Å². The Balaban J connectivity index is 1.53. The van der Waals surface area contributed by atoms with Crippen LogP contribution in [0.5, 0.6) is 0 Å². The number of anilines is 3. The first-order valence-electron chi connectivity index (χ1n) is 11.4. The molecule has 0 amide bonds. The van der Waals surface area contributed by atoms with E-state index in [4.69, 9.17) is 4.74 Å². The molecule has 1 fully saturated rings. The lowest BCUT2D eigenvalue weighted by atomic mass is 10.1. The average Bonchev–Trinajstić information content (AvgIpc) is 3.50. The fourth-order valence-electron chi connectivity index (χ4n) is 4.34. The van der Waals surface area contributed by atoms with E-state index in [1.165, 1.54) is 7.11 Å². The summed E-state index contributed by atoms with van der Waals surface area (Å²) in [6.45, 7) is 2.08. The van der Waals surface area contributed by atoms with Crippen LogP contribution >= 0.6 is 0 Å². The van der Waals surface area contributed by atoms with Crippen LogP contribution in [0.25, 0.3) is 22.3 Å². The smallest absolute Gasteiger partial charge is 0.360 e. The van der Waals surface area contributed by atoms with Crippen molar-refractivity contribution in [2.24, 2.45) is 7.05 Å². The van der Waals surface area contributed by atoms with E-state index >= 15 is 0 Å². The zero-order valence-electron chi connectivity index (χ0n) is 20.2. The molecule has 0 aromatic carbocycles. The molecule has 12 nitrogen and oxygen atoms in total. The normalized spacial score (nSPS) is 14.9. The summed E-state index contributed by atoms with van der Waals surface area (Å²) in [6, 6.07) is 0.342. The van der Waals surface area contributed by atoms with Crippen LogP contribution in [0.4, 0.5) is 17.3 Å². The monoisotopic (exact) mass is 476 g/mol. The lowest BCUT2D eigenvalue weighted by molar-refractivity contribution is 0.0595. The summed E-state index contributed by atoms with van der Waals surface area (Å²) in [7, 11) is 7.09. The van der Waals surface area contributed by atoms with Gasteiger partial charge in [-0.15, -0.1) is 0 Å². The maximum atomic E-state index is 12.7. The third-order valence-electron chi connectivity index (χ3n) is 6.33. The molecule has 0 aliphatic carbocycles. The fraction of sp³-hybridized carbons (Fsp3) is 0.391. The number of nitrogens with zero attached hydrogens (tertiary/aromatic N) is 8. The quantitative estimate of drug-likeness (QED) is 0.401. The summed E-state index contributed by atoms with van der Waals surface area (Å²) >= 11 is 0. The molecule has 1 saturated heterocycles. The van der Waals surface area contributed by atoms with Crippen molar-refractivity contribution < 1.29 is 9.53 Å². The highest BCUT2D eigenvalue weighted by atomic mass is 16.5. The molecule has 4 aromatic rings. The number of rotatable bonds is 6. The van der Waals surface area contributed by atoms with Crippen molar-refractivity contribution in [2.75, 3.05) is 44.9 Å². The average molecular weight is 477 g/mol. The Bertz CT molecular complexity index is 1370. The first-order valence-corrected chi connectivity index (χ1v) is 11.4. The molecule has 1 aliphatic heterocycles. The zero-order chi connectivity index (χ0) is 24.5. The van der Waals surface area contributed by atoms with E-state index in [1.54, 1.807) is 32.0 Å². The molecule has 0 saturated carbocycles. The Morgan fingerprint density at radius 1 is 1.11 bits per heavy atom. The van der Waals surface area contributed by atoms with Crippen LogP contribution in [0, 0.1) is 0 Å². The van der Waals surface area contributed by atoms with Crippen LogP contribution in [0.2, 0.25) is 0 Å². The number of ether oxygens (including phenoxy) is 1. The third-order valence-corrected chi connectivity index (χ3v) is 6.33. The second kappa shape index (κ2) is 9.29. The minimum atomic E-state index is -0.604. The maximum Gasteiger partial charge on any atom is 0.360 e. The van der Waals surface area contributed by atoms with Crippen molar-refractivity contribution >= 4 is 34.3 Å². The highest BCUT2D eigenvalue weighted by Gasteiger charge is 2.24. The van der Waals surface area contributed by atoms with Crippen LogP contribution in [-0.4, -0.2) is 79.4 Å². The Morgan fingerprint density at radius 3 is 2.66 bits per heavy atom. The number of aromatic nitrogens is 7. The van der Waals surface area contributed by atoms with Gasteiger partial charge in [0.2, 0.25) is 0 Å². The largest absolute Gasteiger partial charge is 0.464 e. The number of aryl methyl sites for hydroxylation is 1. The molecule has 12 heteroatoms. The zero-order valence-corrected chi connectivity index (χ0v) is 20.2. The lowest BCUT2D eigenvalue weighted by Gasteiger charge is -2.28. The highest BCUT2D eigenvalue weighted by Crippen LogP contribution is 2.33. The van der Waals surface area contributed by atoms with Crippen molar-refractivity contribution in [1.82, 2.24) is 39.2 Å². The van der Waals surface area contributed by atoms with Gasteiger partial charge in [0.05, 0.1) is 48.6 Å². The number of piperidine rings is 1. The van der Waals surface area contributed by atoms with Gasteiger partial charge in [0.15, 0.2) is 17.3 Å². The van der Waals surface area contributed by atoms with E-state index in [2.05, 4.69) is 47.6 Å². The Kier molecular flexibility index (Phi) is 6.03. The van der Waals surface area contributed by atoms with Gasteiger partial charge in [0, 0.05) is 26.5 Å². The molecule has 2 N–H and O–H groups in total. The van der Waals surface area contributed by atoms with Crippen molar-refractivity contribution in [3.8, 4) is 11.3 Å². The number of hydrogen-bond donors (Lipinski definition) is 2. The van der Waals surface area contributed by atoms with Gasteiger partial charge in [-0.1, -0.05) is 0 Å². The number of esters is 1. The first-order chi connectivity index (χ1) is 17.0. The number of nitrogens with one attached hydrogen (secondary N) is 2. The van der Waals surface area contributed by atoms with Gasteiger partial charge in [0.1, 0.15) is 11.2 Å². The van der Waals surface area contributed by atoms with Crippen LogP contribution in [0.15, 0.2) is 31.1 Å². The van der Waals surface area contributed by atoms with E-state index in [0.717, 1.165) is 31.4 Å². The van der Waals surface area contributed by atoms with Crippen LogP contribution in [0.3, 0.4) is 0 Å². The molecule has 1 aliphatic rings. The highest BCUT2D eigenvalue weighted by molar-refractivity contribution is 5.97. The van der Waals surface area contributed by atoms with Gasteiger partial charge in [-0.25, -0.2) is 19.7 Å². The van der Waals surface area contributed by atoms with Gasteiger partial charge < -0.3 is 24.8 Å². The third kappa shape index (κ3) is 4.28. The number of likely N-dealkylation sites (tertiary alicyclic amines) is 1. The predicted octanol–water partition coefficient (Wildman–Crippen LogP) is 2.46. The molecule has 0 atom stereocenters. The van der Waals surface area contributed by atoms with Gasteiger partial charge in [0.25, 0.3) is 0 Å². The number of imidazole rings is 1. The fourth-order valence-corrected chi connectivity index (χ4v) is 4.34. The van der Waals surface area contributed by atoms with E-state index in [0.29, 0.717) is 34.3 Å². The summed E-state index contributed by atoms with van der Waals surface area (Å²) in [5.74, 6) is 0.143. The molecule has 0 bridgehead atoms. The van der Waals surface area contributed by atoms with Crippen LogP contribution in [-0.2, 0) is 11.8 Å². The van der Waals surface area contributed by atoms with Crippen molar-refractivity contribution in [1.29, 1.82) is 0 Å². The second-order valence-electron chi connectivity index (χ2n) is 8.64. The molecule has 4 aromatic heterocycles. The molecule has 0 unspecified atom stereocenters. The predicted molar refractivity (Wildman–Crippen MR) is 132 cm³/mol. The van der Waals surface area contributed by atoms with Gasteiger partial charge in [-0.05, 0) is 33.0 Å². The summed E-state index contributed by atoms with van der Waals surface area (Å²) in [6.07, 6.45) is 10.8. The standard InChI is InChI=1S/C23H28N10O2/c1-24-21-19(16-10-25-11-17-18(16)26-13-32(17)3)29-20(23(34)35-4)22(30-21)28-14-9-27-33(12-14)15-5-7-31(2)8-6-15/h9-13,15H,5-8H2,1-4H3,(H2,24,28,30). The summed E-state index contributed by atoms with van der Waals surface area (Å²) in [5, 5.41) is 10.8. The number of carbonyl (C=O) groups excluding carboxylic acids is 1. The summed E-state index contributed by atoms with van der Waals surface area (Å²) < 4.78 is 8.86. The van der Waals surface area contributed by atoms with Gasteiger partial charge in [-0.3, -0.25) is 9.67 Å². The van der Waals surface area contributed by atoms with E-state index in [9.17, 15) is 4.79 Å². The topological polar surface area (TPSA) is 128 Å². The van der Waals surface area contributed by atoms with Crippen molar-refractivity contribution in [3.63, 3.8) is 0 Å². The van der Waals surface area contributed by atoms with E-state index < -0.39 is 5.97 Å². The Hall–Kier alpha value is -4.06.